The third-order valence-corrected chi connectivity index (χ3v) is 3.28. The zero-order valence-electron chi connectivity index (χ0n) is 12.4. The van der Waals surface area contributed by atoms with Gasteiger partial charge in [0.25, 0.3) is 11.6 Å². The van der Waals surface area contributed by atoms with E-state index in [1.165, 1.54) is 29.3 Å². The van der Waals surface area contributed by atoms with Gasteiger partial charge in [-0.1, -0.05) is 6.92 Å². The molecule has 0 atom stereocenters. The summed E-state index contributed by atoms with van der Waals surface area (Å²) in [7, 11) is 0. The van der Waals surface area contributed by atoms with E-state index in [1.54, 1.807) is 6.07 Å². The number of hydrogen-bond acceptors (Lipinski definition) is 5. The SMILES string of the molecule is CCCN(CC(=O)O)C(=O)c1ccc([N+](=O)[O-])c2cccnc12. The summed E-state index contributed by atoms with van der Waals surface area (Å²) in [5, 5.41) is 20.3. The summed E-state index contributed by atoms with van der Waals surface area (Å²) in [5.74, 6) is -1.63. The molecule has 23 heavy (non-hydrogen) atoms. The molecule has 0 saturated heterocycles. The Morgan fingerprint density at radius 3 is 2.70 bits per heavy atom. The highest BCUT2D eigenvalue weighted by Crippen LogP contribution is 2.27. The molecule has 1 aromatic carbocycles. The number of carboxylic acid groups (broad SMARTS) is 1. The Hall–Kier alpha value is -3.03. The maximum absolute atomic E-state index is 12.6. The van der Waals surface area contributed by atoms with E-state index in [-0.39, 0.29) is 28.7 Å². The molecule has 2 rings (SSSR count). The van der Waals surface area contributed by atoms with Gasteiger partial charge in [0, 0.05) is 18.8 Å². The molecule has 1 aromatic heterocycles. The van der Waals surface area contributed by atoms with Crippen LogP contribution >= 0.6 is 0 Å². The van der Waals surface area contributed by atoms with E-state index in [0.29, 0.717) is 6.42 Å². The summed E-state index contributed by atoms with van der Waals surface area (Å²) in [6.07, 6.45) is 2.03. The number of nitro groups is 1. The Morgan fingerprint density at radius 1 is 1.35 bits per heavy atom. The average molecular weight is 317 g/mol. The van der Waals surface area contributed by atoms with Gasteiger partial charge in [0.05, 0.1) is 21.4 Å². The van der Waals surface area contributed by atoms with Crippen LogP contribution in [0.1, 0.15) is 23.7 Å². The number of aromatic nitrogens is 1. The molecular formula is C15H15N3O5. The van der Waals surface area contributed by atoms with Crippen molar-refractivity contribution in [3.05, 3.63) is 46.1 Å². The number of aliphatic carboxylic acids is 1. The number of amides is 1. The highest BCUT2D eigenvalue weighted by Gasteiger charge is 2.23. The van der Waals surface area contributed by atoms with E-state index in [2.05, 4.69) is 4.98 Å². The van der Waals surface area contributed by atoms with Crippen molar-refractivity contribution >= 4 is 28.5 Å². The van der Waals surface area contributed by atoms with Crippen molar-refractivity contribution in [2.75, 3.05) is 13.1 Å². The van der Waals surface area contributed by atoms with Gasteiger partial charge in [-0.25, -0.2) is 0 Å². The molecule has 0 aliphatic heterocycles. The Kier molecular flexibility index (Phi) is 4.85. The van der Waals surface area contributed by atoms with E-state index < -0.39 is 23.3 Å². The Morgan fingerprint density at radius 2 is 2.09 bits per heavy atom. The van der Waals surface area contributed by atoms with E-state index in [0.717, 1.165) is 0 Å². The van der Waals surface area contributed by atoms with Crippen LogP contribution in [0.3, 0.4) is 0 Å². The molecule has 0 radical (unpaired) electrons. The third kappa shape index (κ3) is 3.42. The molecule has 8 heteroatoms. The Bertz CT molecular complexity index is 775. The van der Waals surface area contributed by atoms with Crippen LogP contribution in [-0.4, -0.2) is 44.9 Å². The first-order chi connectivity index (χ1) is 11.0. The molecule has 2 aromatic rings. The maximum Gasteiger partial charge on any atom is 0.323 e. The smallest absolute Gasteiger partial charge is 0.323 e. The topological polar surface area (TPSA) is 114 Å². The fourth-order valence-electron chi connectivity index (χ4n) is 2.35. The number of rotatable bonds is 6. The average Bonchev–Trinajstić information content (AvgIpc) is 2.52. The number of pyridine rings is 1. The number of benzene rings is 1. The number of hydrogen-bond donors (Lipinski definition) is 1. The largest absolute Gasteiger partial charge is 0.480 e. The number of carboxylic acids is 1. The monoisotopic (exact) mass is 317 g/mol. The second-order valence-corrected chi connectivity index (χ2v) is 4.91. The van der Waals surface area contributed by atoms with Crippen LogP contribution in [0.15, 0.2) is 30.5 Å². The lowest BCUT2D eigenvalue weighted by molar-refractivity contribution is -0.383. The van der Waals surface area contributed by atoms with Gasteiger partial charge in [-0.2, -0.15) is 0 Å². The lowest BCUT2D eigenvalue weighted by Gasteiger charge is -2.20. The van der Waals surface area contributed by atoms with Gasteiger partial charge in [-0.05, 0) is 24.6 Å². The molecule has 1 N–H and O–H groups in total. The van der Waals surface area contributed by atoms with Crippen LogP contribution < -0.4 is 0 Å². The molecule has 1 amide bonds. The summed E-state index contributed by atoms with van der Waals surface area (Å²) in [6, 6.07) is 5.62. The van der Waals surface area contributed by atoms with Crippen molar-refractivity contribution in [1.29, 1.82) is 0 Å². The zero-order chi connectivity index (χ0) is 17.0. The predicted octanol–water partition coefficient (Wildman–Crippen LogP) is 2.08. The number of nitro benzene ring substituents is 1. The van der Waals surface area contributed by atoms with E-state index in [9.17, 15) is 19.7 Å². The summed E-state index contributed by atoms with van der Waals surface area (Å²) in [6.45, 7) is 1.67. The third-order valence-electron chi connectivity index (χ3n) is 3.28. The van der Waals surface area contributed by atoms with Crippen LogP contribution in [0.4, 0.5) is 5.69 Å². The van der Waals surface area contributed by atoms with Crippen molar-refractivity contribution in [2.45, 2.75) is 13.3 Å². The van der Waals surface area contributed by atoms with Crippen molar-refractivity contribution < 1.29 is 19.6 Å². The second-order valence-electron chi connectivity index (χ2n) is 4.91. The minimum atomic E-state index is -1.12. The van der Waals surface area contributed by atoms with Crippen LogP contribution in [0.2, 0.25) is 0 Å². The molecule has 1 heterocycles. The number of nitrogens with zero attached hydrogens (tertiary/aromatic N) is 3. The fourth-order valence-corrected chi connectivity index (χ4v) is 2.35. The molecule has 0 spiro atoms. The van der Waals surface area contributed by atoms with Crippen LogP contribution in [0, 0.1) is 10.1 Å². The summed E-state index contributed by atoms with van der Waals surface area (Å²) < 4.78 is 0. The highest BCUT2D eigenvalue weighted by molar-refractivity contribution is 6.08. The normalized spacial score (nSPS) is 10.5. The van der Waals surface area contributed by atoms with Crippen LogP contribution in [0.25, 0.3) is 10.9 Å². The predicted molar refractivity (Wildman–Crippen MR) is 82.2 cm³/mol. The molecule has 0 saturated carbocycles. The van der Waals surface area contributed by atoms with Crippen LogP contribution in [-0.2, 0) is 4.79 Å². The quantitative estimate of drug-likeness (QED) is 0.644. The van der Waals surface area contributed by atoms with E-state index in [1.807, 2.05) is 6.92 Å². The minimum Gasteiger partial charge on any atom is -0.480 e. The Balaban J connectivity index is 2.54. The van der Waals surface area contributed by atoms with Crippen molar-refractivity contribution in [3.8, 4) is 0 Å². The molecule has 0 fully saturated rings. The van der Waals surface area contributed by atoms with Crippen molar-refractivity contribution in [1.82, 2.24) is 9.88 Å². The summed E-state index contributed by atoms with van der Waals surface area (Å²) >= 11 is 0. The molecule has 0 aliphatic rings. The number of non-ortho nitro benzene ring substituents is 1. The minimum absolute atomic E-state index is 0.148. The number of fused-ring (bicyclic) bond motifs is 1. The first-order valence-corrected chi connectivity index (χ1v) is 6.99. The first kappa shape index (κ1) is 16.3. The molecule has 120 valence electrons. The summed E-state index contributed by atoms with van der Waals surface area (Å²) in [4.78, 5) is 39.3. The molecule has 0 bridgehead atoms. The standard InChI is InChI=1S/C15H15N3O5/c1-2-8-17(9-13(19)20)15(21)11-5-6-12(18(22)23)10-4-3-7-16-14(10)11/h3-7H,2,8-9H2,1H3,(H,19,20). The van der Waals surface area contributed by atoms with Gasteiger partial charge in [0.1, 0.15) is 6.54 Å². The first-order valence-electron chi connectivity index (χ1n) is 6.99. The number of carbonyl (C=O) groups excluding carboxylic acids is 1. The van der Waals surface area contributed by atoms with Gasteiger partial charge in [0.2, 0.25) is 0 Å². The van der Waals surface area contributed by atoms with Crippen LogP contribution in [0.5, 0.6) is 0 Å². The Labute approximate surface area is 131 Å². The maximum atomic E-state index is 12.6. The van der Waals surface area contributed by atoms with Gasteiger partial charge >= 0.3 is 5.97 Å². The lowest BCUT2D eigenvalue weighted by Crippen LogP contribution is -2.36. The molecule has 8 nitrogen and oxygen atoms in total. The van der Waals surface area contributed by atoms with E-state index >= 15 is 0 Å². The second kappa shape index (κ2) is 6.82. The summed E-state index contributed by atoms with van der Waals surface area (Å²) in [5.41, 5.74) is 0.198. The fraction of sp³-hybridized carbons (Fsp3) is 0.267. The van der Waals surface area contributed by atoms with Gasteiger partial charge in [-0.3, -0.25) is 24.7 Å². The van der Waals surface area contributed by atoms with Crippen molar-refractivity contribution in [3.63, 3.8) is 0 Å². The zero-order valence-corrected chi connectivity index (χ0v) is 12.4. The molecule has 0 aliphatic carbocycles. The van der Waals surface area contributed by atoms with Gasteiger partial charge in [0.15, 0.2) is 0 Å². The van der Waals surface area contributed by atoms with Crippen molar-refractivity contribution in [2.24, 2.45) is 0 Å². The van der Waals surface area contributed by atoms with E-state index in [4.69, 9.17) is 5.11 Å². The lowest BCUT2D eigenvalue weighted by atomic mass is 10.1. The van der Waals surface area contributed by atoms with Gasteiger partial charge < -0.3 is 10.0 Å². The molecule has 0 unspecified atom stereocenters. The highest BCUT2D eigenvalue weighted by atomic mass is 16.6. The van der Waals surface area contributed by atoms with Gasteiger partial charge in [-0.15, -0.1) is 0 Å². The molecular weight excluding hydrogens is 302 g/mol. The number of carbonyl (C=O) groups is 2.